The van der Waals surface area contributed by atoms with Crippen LogP contribution < -0.4 is 0 Å². The second-order valence-electron chi connectivity index (χ2n) is 6.30. The molecule has 2 fully saturated rings. The van der Waals surface area contributed by atoms with E-state index >= 15 is 0 Å². The van der Waals surface area contributed by atoms with Crippen molar-refractivity contribution in [1.29, 1.82) is 0 Å². The Labute approximate surface area is 121 Å². The van der Waals surface area contributed by atoms with Gasteiger partial charge in [-0.25, -0.2) is 0 Å². The van der Waals surface area contributed by atoms with Gasteiger partial charge in [-0.1, -0.05) is 25.7 Å². The lowest BCUT2D eigenvalue weighted by Crippen LogP contribution is -2.38. The predicted octanol–water partition coefficient (Wildman–Crippen LogP) is 2.84. The molecule has 0 spiro atoms. The molecule has 4 nitrogen and oxygen atoms in total. The Kier molecular flexibility index (Phi) is 4.38. The van der Waals surface area contributed by atoms with Gasteiger partial charge < -0.3 is 4.90 Å². The van der Waals surface area contributed by atoms with E-state index in [0.29, 0.717) is 11.9 Å². The van der Waals surface area contributed by atoms with Crippen molar-refractivity contribution < 1.29 is 4.79 Å². The Morgan fingerprint density at radius 1 is 1.20 bits per heavy atom. The molecule has 3 rings (SSSR count). The molecule has 0 N–H and O–H groups in total. The van der Waals surface area contributed by atoms with Crippen molar-refractivity contribution in [2.45, 2.75) is 64.0 Å². The third-order valence-electron chi connectivity index (χ3n) is 4.90. The molecule has 1 aliphatic carbocycles. The van der Waals surface area contributed by atoms with E-state index in [0.717, 1.165) is 44.7 Å². The topological polar surface area (TPSA) is 38.1 Å². The molecule has 110 valence electrons. The maximum atomic E-state index is 12.4. The second-order valence-corrected chi connectivity index (χ2v) is 6.30. The van der Waals surface area contributed by atoms with Gasteiger partial charge in [0, 0.05) is 25.4 Å². The minimum atomic E-state index is 0.353. The number of carbonyl (C=O) groups is 1. The van der Waals surface area contributed by atoms with Gasteiger partial charge in [0.15, 0.2) is 0 Å². The number of hydrogen-bond donors (Lipinski definition) is 0. The summed E-state index contributed by atoms with van der Waals surface area (Å²) < 4.78 is 1.95. The molecule has 1 unspecified atom stereocenters. The normalized spacial score (nSPS) is 23.6. The Bertz CT molecular complexity index is 423. The largest absolute Gasteiger partial charge is 0.338 e. The summed E-state index contributed by atoms with van der Waals surface area (Å²) in [6.07, 6.45) is 13.3. The molecule has 1 atom stereocenters. The fraction of sp³-hybridized carbons (Fsp3) is 0.750. The first-order valence-electron chi connectivity index (χ1n) is 8.10. The van der Waals surface area contributed by atoms with Crippen molar-refractivity contribution >= 4 is 5.91 Å². The maximum absolute atomic E-state index is 12.4. The van der Waals surface area contributed by atoms with Crippen LogP contribution in [0.4, 0.5) is 0 Å². The molecule has 1 amide bonds. The minimum Gasteiger partial charge on any atom is -0.338 e. The van der Waals surface area contributed by atoms with Crippen LogP contribution in [0.2, 0.25) is 0 Å². The number of aromatic nitrogens is 2. The number of carbonyl (C=O) groups excluding carboxylic acids is 1. The summed E-state index contributed by atoms with van der Waals surface area (Å²) in [5, 5.41) is 4.26. The average Bonchev–Trinajstić information content (AvgIpc) is 3.19. The van der Waals surface area contributed by atoms with Gasteiger partial charge in [-0.2, -0.15) is 5.10 Å². The Balaban J connectivity index is 1.50. The molecular weight excluding hydrogens is 250 g/mol. The van der Waals surface area contributed by atoms with E-state index in [4.69, 9.17) is 0 Å². The summed E-state index contributed by atoms with van der Waals surface area (Å²) >= 11 is 0. The van der Waals surface area contributed by atoms with Crippen LogP contribution in [0.25, 0.3) is 0 Å². The van der Waals surface area contributed by atoms with Crippen LogP contribution in [-0.4, -0.2) is 33.2 Å². The summed E-state index contributed by atoms with van der Waals surface area (Å²) in [4.78, 5) is 14.5. The van der Waals surface area contributed by atoms with Gasteiger partial charge in [0.1, 0.15) is 0 Å². The minimum absolute atomic E-state index is 0.353. The highest BCUT2D eigenvalue weighted by atomic mass is 16.2. The molecule has 1 aliphatic heterocycles. The maximum Gasteiger partial charge on any atom is 0.222 e. The number of likely N-dealkylation sites (tertiary alicyclic amines) is 1. The van der Waals surface area contributed by atoms with Crippen LogP contribution >= 0.6 is 0 Å². The van der Waals surface area contributed by atoms with E-state index < -0.39 is 0 Å². The quantitative estimate of drug-likeness (QED) is 0.828. The van der Waals surface area contributed by atoms with Crippen LogP contribution in [0, 0.1) is 5.92 Å². The highest BCUT2D eigenvalue weighted by molar-refractivity contribution is 5.76. The highest BCUT2D eigenvalue weighted by Gasteiger charge is 2.29. The Hall–Kier alpha value is -1.32. The highest BCUT2D eigenvalue weighted by Crippen LogP contribution is 2.29. The van der Waals surface area contributed by atoms with Crippen molar-refractivity contribution in [2.75, 3.05) is 6.54 Å². The molecule has 0 bridgehead atoms. The molecule has 4 heteroatoms. The van der Waals surface area contributed by atoms with Gasteiger partial charge in [0.05, 0.1) is 12.6 Å². The van der Waals surface area contributed by atoms with Crippen molar-refractivity contribution in [3.05, 3.63) is 18.5 Å². The van der Waals surface area contributed by atoms with Crippen LogP contribution in [0.15, 0.2) is 18.5 Å². The number of amides is 1. The fourth-order valence-electron chi connectivity index (χ4n) is 3.75. The summed E-state index contributed by atoms with van der Waals surface area (Å²) in [6.45, 7) is 1.79. The van der Waals surface area contributed by atoms with Crippen LogP contribution in [0.1, 0.15) is 51.4 Å². The Morgan fingerprint density at radius 2 is 2.05 bits per heavy atom. The lowest BCUT2D eigenvalue weighted by molar-refractivity contribution is -0.132. The number of hydrogen-bond acceptors (Lipinski definition) is 2. The van der Waals surface area contributed by atoms with Gasteiger partial charge in [-0.05, 0) is 31.2 Å². The molecule has 1 saturated heterocycles. The first-order valence-corrected chi connectivity index (χ1v) is 8.10. The molecule has 1 aromatic heterocycles. The van der Waals surface area contributed by atoms with Gasteiger partial charge in [-0.3, -0.25) is 9.48 Å². The molecule has 2 heterocycles. The first kappa shape index (κ1) is 13.7. The average molecular weight is 275 g/mol. The third-order valence-corrected chi connectivity index (χ3v) is 4.90. The van der Waals surface area contributed by atoms with E-state index in [-0.39, 0.29) is 0 Å². The smallest absolute Gasteiger partial charge is 0.222 e. The van der Waals surface area contributed by atoms with E-state index in [1.807, 2.05) is 16.9 Å². The molecule has 0 aromatic carbocycles. The van der Waals surface area contributed by atoms with Crippen LogP contribution in [-0.2, 0) is 11.3 Å². The van der Waals surface area contributed by atoms with E-state index in [1.165, 1.54) is 25.7 Å². The van der Waals surface area contributed by atoms with Gasteiger partial charge in [0.25, 0.3) is 0 Å². The van der Waals surface area contributed by atoms with Crippen molar-refractivity contribution in [2.24, 2.45) is 5.92 Å². The lowest BCUT2D eigenvalue weighted by Gasteiger charge is -2.25. The lowest BCUT2D eigenvalue weighted by atomic mass is 10.0. The van der Waals surface area contributed by atoms with E-state index in [9.17, 15) is 4.79 Å². The fourth-order valence-corrected chi connectivity index (χ4v) is 3.75. The first-order chi connectivity index (χ1) is 9.83. The SMILES string of the molecule is O=C(CCC1CCCC1)N1CCCC1Cn1cccn1. The second kappa shape index (κ2) is 6.42. The molecule has 20 heavy (non-hydrogen) atoms. The summed E-state index contributed by atoms with van der Waals surface area (Å²) in [6, 6.07) is 2.30. The van der Waals surface area contributed by atoms with Crippen LogP contribution in [0.3, 0.4) is 0 Å². The third kappa shape index (κ3) is 3.22. The molecule has 1 aromatic rings. The summed E-state index contributed by atoms with van der Waals surface area (Å²) in [5.41, 5.74) is 0. The molecular formula is C16H25N3O. The Morgan fingerprint density at radius 3 is 2.80 bits per heavy atom. The molecule has 1 saturated carbocycles. The van der Waals surface area contributed by atoms with Crippen molar-refractivity contribution in [1.82, 2.24) is 14.7 Å². The van der Waals surface area contributed by atoms with Gasteiger partial charge >= 0.3 is 0 Å². The van der Waals surface area contributed by atoms with Gasteiger partial charge in [0.2, 0.25) is 5.91 Å². The predicted molar refractivity (Wildman–Crippen MR) is 78.2 cm³/mol. The van der Waals surface area contributed by atoms with Crippen molar-refractivity contribution in [3.8, 4) is 0 Å². The number of nitrogens with zero attached hydrogens (tertiary/aromatic N) is 3. The van der Waals surface area contributed by atoms with E-state index in [2.05, 4.69) is 10.00 Å². The number of rotatable bonds is 5. The molecule has 0 radical (unpaired) electrons. The monoisotopic (exact) mass is 275 g/mol. The van der Waals surface area contributed by atoms with Gasteiger partial charge in [-0.15, -0.1) is 0 Å². The van der Waals surface area contributed by atoms with E-state index in [1.54, 1.807) is 6.20 Å². The zero-order chi connectivity index (χ0) is 13.8. The summed E-state index contributed by atoms with van der Waals surface area (Å²) in [5.74, 6) is 1.18. The summed E-state index contributed by atoms with van der Waals surface area (Å²) in [7, 11) is 0. The zero-order valence-corrected chi connectivity index (χ0v) is 12.2. The van der Waals surface area contributed by atoms with Crippen LogP contribution in [0.5, 0.6) is 0 Å². The standard InChI is InChI=1S/C16H25N3O/c20-16(9-8-14-5-1-2-6-14)19-12-3-7-15(19)13-18-11-4-10-17-18/h4,10-11,14-15H,1-3,5-9,12-13H2. The van der Waals surface area contributed by atoms with Crippen molar-refractivity contribution in [3.63, 3.8) is 0 Å². The zero-order valence-electron chi connectivity index (χ0n) is 12.2. The molecule has 2 aliphatic rings.